The zero-order chi connectivity index (χ0) is 18.2. The SMILES string of the molecule is CC(C)C[C@H](N)C(=O)N1C[C@]2(C[C@H]1CCO)C(=O)Nc1ccccc12. The topological polar surface area (TPSA) is 95.7 Å². The molecule has 0 bridgehead atoms. The van der Waals surface area contributed by atoms with Gasteiger partial charge in [0.1, 0.15) is 0 Å². The molecule has 6 heteroatoms. The quantitative estimate of drug-likeness (QED) is 0.748. The first kappa shape index (κ1) is 17.9. The van der Waals surface area contributed by atoms with E-state index in [2.05, 4.69) is 5.32 Å². The number of carbonyl (C=O) groups excluding carboxylic acids is 2. The van der Waals surface area contributed by atoms with Crippen molar-refractivity contribution >= 4 is 17.5 Å². The van der Waals surface area contributed by atoms with Gasteiger partial charge in [0.2, 0.25) is 11.8 Å². The van der Waals surface area contributed by atoms with Gasteiger partial charge in [0, 0.05) is 24.9 Å². The molecule has 1 aromatic carbocycles. The highest BCUT2D eigenvalue weighted by molar-refractivity contribution is 6.07. The summed E-state index contributed by atoms with van der Waals surface area (Å²) in [6, 6.07) is 6.89. The van der Waals surface area contributed by atoms with E-state index in [-0.39, 0.29) is 24.5 Å². The molecule has 0 unspecified atom stereocenters. The number of likely N-dealkylation sites (tertiary alicyclic amines) is 1. The third-order valence-corrected chi connectivity index (χ3v) is 5.38. The number of benzene rings is 1. The van der Waals surface area contributed by atoms with Gasteiger partial charge in [0.15, 0.2) is 0 Å². The number of hydrogen-bond acceptors (Lipinski definition) is 4. The number of aliphatic hydroxyl groups excluding tert-OH is 1. The maximum absolute atomic E-state index is 12.9. The monoisotopic (exact) mass is 345 g/mol. The standard InChI is InChI=1S/C19H27N3O3/c1-12(2)9-15(20)17(24)22-11-19(10-13(22)7-8-23)14-5-3-4-6-16(14)21-18(19)25/h3-6,12-13,15,23H,7-11,20H2,1-2H3,(H,21,25)/t13-,15+,19+/m1/s1. The lowest BCUT2D eigenvalue weighted by atomic mass is 9.79. The number of hydrogen-bond donors (Lipinski definition) is 3. The normalized spacial score (nSPS) is 26.2. The number of amides is 2. The fraction of sp³-hybridized carbons (Fsp3) is 0.579. The average Bonchev–Trinajstić information content (AvgIpc) is 3.06. The molecule has 136 valence electrons. The molecule has 1 fully saturated rings. The second-order valence-corrected chi connectivity index (χ2v) is 7.65. The fourth-order valence-electron chi connectivity index (χ4n) is 4.22. The molecule has 0 radical (unpaired) electrons. The van der Waals surface area contributed by atoms with Gasteiger partial charge in [-0.15, -0.1) is 0 Å². The van der Waals surface area contributed by atoms with Gasteiger partial charge in [-0.2, -0.15) is 0 Å². The van der Waals surface area contributed by atoms with Crippen LogP contribution in [0.25, 0.3) is 0 Å². The summed E-state index contributed by atoms with van der Waals surface area (Å²) in [6.07, 6.45) is 1.59. The Morgan fingerprint density at radius 1 is 1.44 bits per heavy atom. The first-order valence-corrected chi connectivity index (χ1v) is 8.97. The van der Waals surface area contributed by atoms with Gasteiger partial charge < -0.3 is 21.1 Å². The lowest BCUT2D eigenvalue weighted by Crippen LogP contribution is -2.48. The highest BCUT2D eigenvalue weighted by Gasteiger charge is 2.55. The third-order valence-electron chi connectivity index (χ3n) is 5.38. The van der Waals surface area contributed by atoms with Crippen LogP contribution in [0.15, 0.2) is 24.3 Å². The Morgan fingerprint density at radius 3 is 2.84 bits per heavy atom. The van der Waals surface area contributed by atoms with Crippen molar-refractivity contribution in [2.75, 3.05) is 18.5 Å². The number of para-hydroxylation sites is 1. The minimum Gasteiger partial charge on any atom is -0.396 e. The molecule has 2 heterocycles. The second kappa shape index (κ2) is 6.77. The molecule has 2 amide bonds. The van der Waals surface area contributed by atoms with Crippen LogP contribution in [0.2, 0.25) is 0 Å². The van der Waals surface area contributed by atoms with E-state index in [9.17, 15) is 14.7 Å². The molecular weight excluding hydrogens is 318 g/mol. The van der Waals surface area contributed by atoms with Crippen LogP contribution < -0.4 is 11.1 Å². The first-order chi connectivity index (χ1) is 11.9. The van der Waals surface area contributed by atoms with E-state index >= 15 is 0 Å². The van der Waals surface area contributed by atoms with Gasteiger partial charge in [0.05, 0.1) is 11.5 Å². The molecule has 0 saturated carbocycles. The Balaban J connectivity index is 1.91. The molecule has 0 aliphatic carbocycles. The molecule has 3 atom stereocenters. The molecular formula is C19H27N3O3. The number of nitrogens with two attached hydrogens (primary N) is 1. The van der Waals surface area contributed by atoms with Crippen molar-refractivity contribution < 1.29 is 14.7 Å². The summed E-state index contributed by atoms with van der Waals surface area (Å²) in [7, 11) is 0. The molecule has 2 aliphatic rings. The highest BCUT2D eigenvalue weighted by atomic mass is 16.3. The molecule has 6 nitrogen and oxygen atoms in total. The van der Waals surface area contributed by atoms with Crippen LogP contribution >= 0.6 is 0 Å². The van der Waals surface area contributed by atoms with Crippen LogP contribution in [0.3, 0.4) is 0 Å². The van der Waals surface area contributed by atoms with E-state index in [1.807, 2.05) is 38.1 Å². The summed E-state index contributed by atoms with van der Waals surface area (Å²) in [4.78, 5) is 27.4. The number of anilines is 1. The number of nitrogens with zero attached hydrogens (tertiary/aromatic N) is 1. The minimum atomic E-state index is -0.732. The Labute approximate surface area is 148 Å². The molecule has 1 saturated heterocycles. The third kappa shape index (κ3) is 3.04. The molecule has 4 N–H and O–H groups in total. The van der Waals surface area contributed by atoms with E-state index in [4.69, 9.17) is 5.73 Å². The van der Waals surface area contributed by atoms with Gasteiger partial charge in [-0.3, -0.25) is 9.59 Å². The molecule has 1 spiro atoms. The largest absolute Gasteiger partial charge is 0.396 e. The molecule has 2 aliphatic heterocycles. The fourth-order valence-corrected chi connectivity index (χ4v) is 4.22. The predicted molar refractivity (Wildman–Crippen MR) is 96.0 cm³/mol. The van der Waals surface area contributed by atoms with Crippen molar-refractivity contribution in [3.63, 3.8) is 0 Å². The summed E-state index contributed by atoms with van der Waals surface area (Å²) >= 11 is 0. The number of nitrogens with one attached hydrogen (secondary N) is 1. The van der Waals surface area contributed by atoms with Crippen LogP contribution in [0.4, 0.5) is 5.69 Å². The lowest BCUT2D eigenvalue weighted by molar-refractivity contribution is -0.134. The van der Waals surface area contributed by atoms with Gasteiger partial charge in [0.25, 0.3) is 0 Å². The van der Waals surface area contributed by atoms with Crippen molar-refractivity contribution in [3.8, 4) is 0 Å². The maximum Gasteiger partial charge on any atom is 0.239 e. The number of fused-ring (bicyclic) bond motifs is 2. The van der Waals surface area contributed by atoms with Gasteiger partial charge in [-0.1, -0.05) is 32.0 Å². The molecule has 0 aromatic heterocycles. The second-order valence-electron chi connectivity index (χ2n) is 7.65. The summed E-state index contributed by atoms with van der Waals surface area (Å²) in [5.74, 6) is 0.132. The van der Waals surface area contributed by atoms with E-state index in [0.717, 1.165) is 11.3 Å². The van der Waals surface area contributed by atoms with Crippen molar-refractivity contribution in [3.05, 3.63) is 29.8 Å². The van der Waals surface area contributed by atoms with Gasteiger partial charge in [-0.25, -0.2) is 0 Å². The van der Waals surface area contributed by atoms with E-state index in [1.165, 1.54) is 0 Å². The van der Waals surface area contributed by atoms with E-state index in [1.54, 1.807) is 4.90 Å². The number of carbonyl (C=O) groups is 2. The van der Waals surface area contributed by atoms with Crippen molar-refractivity contribution in [2.45, 2.75) is 50.6 Å². The summed E-state index contributed by atoms with van der Waals surface area (Å²) in [5, 5.41) is 12.4. The molecule has 1 aromatic rings. The van der Waals surface area contributed by atoms with E-state index < -0.39 is 11.5 Å². The number of aliphatic hydroxyl groups is 1. The van der Waals surface area contributed by atoms with Crippen molar-refractivity contribution in [1.82, 2.24) is 4.90 Å². The summed E-state index contributed by atoms with van der Waals surface area (Å²) < 4.78 is 0. The van der Waals surface area contributed by atoms with Crippen LogP contribution in [-0.2, 0) is 15.0 Å². The van der Waals surface area contributed by atoms with Gasteiger partial charge >= 0.3 is 0 Å². The zero-order valence-electron chi connectivity index (χ0n) is 14.9. The predicted octanol–water partition coefficient (Wildman–Crippen LogP) is 1.23. The van der Waals surface area contributed by atoms with Crippen LogP contribution in [0, 0.1) is 5.92 Å². The lowest BCUT2D eigenvalue weighted by Gasteiger charge is -2.28. The summed E-state index contributed by atoms with van der Waals surface area (Å²) in [5.41, 5.74) is 7.14. The van der Waals surface area contributed by atoms with Crippen LogP contribution in [-0.4, -0.2) is 47.1 Å². The van der Waals surface area contributed by atoms with Crippen molar-refractivity contribution in [2.24, 2.45) is 11.7 Å². The van der Waals surface area contributed by atoms with Crippen molar-refractivity contribution in [1.29, 1.82) is 0 Å². The Hall–Kier alpha value is -1.92. The van der Waals surface area contributed by atoms with Gasteiger partial charge in [-0.05, 0) is 36.8 Å². The highest BCUT2D eigenvalue weighted by Crippen LogP contribution is 2.47. The number of rotatable bonds is 5. The maximum atomic E-state index is 12.9. The Morgan fingerprint density at radius 2 is 2.16 bits per heavy atom. The zero-order valence-corrected chi connectivity index (χ0v) is 14.9. The average molecular weight is 345 g/mol. The molecule has 25 heavy (non-hydrogen) atoms. The summed E-state index contributed by atoms with van der Waals surface area (Å²) in [6.45, 7) is 4.37. The minimum absolute atomic E-state index is 0.0206. The van der Waals surface area contributed by atoms with Crippen LogP contribution in [0.1, 0.15) is 38.7 Å². The van der Waals surface area contributed by atoms with E-state index in [0.29, 0.717) is 31.7 Å². The Kier molecular flexibility index (Phi) is 4.84. The first-order valence-electron chi connectivity index (χ1n) is 8.97. The molecule has 3 rings (SSSR count). The smallest absolute Gasteiger partial charge is 0.239 e. The van der Waals surface area contributed by atoms with Crippen LogP contribution in [0.5, 0.6) is 0 Å². The Bertz CT molecular complexity index is 676.